The number of aliphatic hydroxyl groups is 1. The van der Waals surface area contributed by atoms with E-state index >= 15 is 0 Å². The number of aromatic nitrogens is 1. The molecule has 5 heteroatoms. The molecule has 1 saturated heterocycles. The quantitative estimate of drug-likeness (QED) is 0.740. The van der Waals surface area contributed by atoms with E-state index in [0.717, 1.165) is 22.0 Å². The van der Waals surface area contributed by atoms with Gasteiger partial charge in [0.2, 0.25) is 0 Å². The minimum Gasteiger partial charge on any atom is -0.391 e. The van der Waals surface area contributed by atoms with E-state index < -0.39 is 6.10 Å². The average Bonchev–Trinajstić information content (AvgIpc) is 3.05. The van der Waals surface area contributed by atoms with E-state index in [-0.39, 0.29) is 24.2 Å². The van der Waals surface area contributed by atoms with Crippen LogP contribution >= 0.6 is 0 Å². The first kappa shape index (κ1) is 16.8. The number of nitrogens with one attached hydrogen (secondary N) is 1. The van der Waals surface area contributed by atoms with Crippen LogP contribution in [0.1, 0.15) is 34.0 Å². The SMILES string of the molecule is Cc1ccc2[nH]c(C(=O)N3CCC(c4ccc(F)cc4)[C@H](O)C3)cc2c1. The number of aromatic amines is 1. The number of β-amino-alcohol motifs (C(OH)–C–C–N with tert-alkyl or cyclic N) is 1. The van der Waals surface area contributed by atoms with E-state index in [1.165, 1.54) is 12.1 Å². The molecule has 2 heterocycles. The molecule has 0 bridgehead atoms. The third kappa shape index (κ3) is 3.10. The van der Waals surface area contributed by atoms with E-state index in [4.69, 9.17) is 0 Å². The van der Waals surface area contributed by atoms with E-state index in [1.807, 2.05) is 31.2 Å². The number of carbonyl (C=O) groups is 1. The lowest BCUT2D eigenvalue weighted by atomic mass is 9.87. The van der Waals surface area contributed by atoms with Crippen molar-refractivity contribution in [2.45, 2.75) is 25.4 Å². The van der Waals surface area contributed by atoms with Crippen LogP contribution < -0.4 is 0 Å². The molecule has 1 aromatic heterocycles. The van der Waals surface area contributed by atoms with Crippen molar-refractivity contribution in [2.24, 2.45) is 0 Å². The number of rotatable bonds is 2. The monoisotopic (exact) mass is 352 g/mol. The number of likely N-dealkylation sites (tertiary alicyclic amines) is 1. The normalized spacial score (nSPS) is 20.5. The van der Waals surface area contributed by atoms with E-state index in [9.17, 15) is 14.3 Å². The molecule has 2 atom stereocenters. The fourth-order valence-corrected chi connectivity index (χ4v) is 3.75. The van der Waals surface area contributed by atoms with Crippen LogP contribution in [0, 0.1) is 12.7 Å². The number of benzene rings is 2. The van der Waals surface area contributed by atoms with Crippen molar-refractivity contribution in [3.05, 3.63) is 71.2 Å². The Morgan fingerprint density at radius 1 is 1.19 bits per heavy atom. The van der Waals surface area contributed by atoms with Crippen LogP contribution in [0.15, 0.2) is 48.5 Å². The second-order valence-electron chi connectivity index (χ2n) is 7.04. The van der Waals surface area contributed by atoms with E-state index in [0.29, 0.717) is 18.7 Å². The number of hydrogen-bond acceptors (Lipinski definition) is 2. The highest BCUT2D eigenvalue weighted by atomic mass is 19.1. The minimum absolute atomic E-state index is 0.0787. The van der Waals surface area contributed by atoms with Crippen molar-refractivity contribution >= 4 is 16.8 Å². The standard InChI is InChI=1S/C21H21FN2O2/c1-13-2-7-18-15(10-13)11-19(23-18)21(26)24-9-8-17(20(25)12-24)14-3-5-16(22)6-4-14/h2-7,10-11,17,20,23,25H,8-9,12H2,1H3/t17?,20-/m1/s1. The Hall–Kier alpha value is -2.66. The van der Waals surface area contributed by atoms with Gasteiger partial charge in [-0.1, -0.05) is 23.8 Å². The zero-order valence-corrected chi connectivity index (χ0v) is 14.6. The van der Waals surface area contributed by atoms with Crippen LogP contribution in [0.5, 0.6) is 0 Å². The fraction of sp³-hybridized carbons (Fsp3) is 0.286. The number of piperidine rings is 1. The van der Waals surface area contributed by atoms with Gasteiger partial charge in [-0.05, 0) is 49.2 Å². The van der Waals surface area contributed by atoms with E-state index in [2.05, 4.69) is 4.98 Å². The van der Waals surface area contributed by atoms with Gasteiger partial charge >= 0.3 is 0 Å². The number of aliphatic hydroxyl groups excluding tert-OH is 1. The highest BCUT2D eigenvalue weighted by molar-refractivity contribution is 5.98. The molecule has 26 heavy (non-hydrogen) atoms. The molecule has 1 aliphatic rings. The molecule has 0 saturated carbocycles. The van der Waals surface area contributed by atoms with Crippen molar-refractivity contribution in [1.29, 1.82) is 0 Å². The molecular weight excluding hydrogens is 331 g/mol. The Labute approximate surface area is 151 Å². The van der Waals surface area contributed by atoms with Crippen LogP contribution in [0.3, 0.4) is 0 Å². The topological polar surface area (TPSA) is 56.3 Å². The van der Waals surface area contributed by atoms with Crippen LogP contribution in [-0.4, -0.2) is 40.1 Å². The summed E-state index contributed by atoms with van der Waals surface area (Å²) < 4.78 is 13.1. The lowest BCUT2D eigenvalue weighted by Gasteiger charge is -2.36. The molecule has 2 N–H and O–H groups in total. The third-order valence-corrected chi connectivity index (χ3v) is 5.17. The number of H-pyrrole nitrogens is 1. The van der Waals surface area contributed by atoms with Gasteiger partial charge in [-0.25, -0.2) is 4.39 Å². The first-order valence-corrected chi connectivity index (χ1v) is 8.83. The fourth-order valence-electron chi connectivity index (χ4n) is 3.75. The van der Waals surface area contributed by atoms with Gasteiger partial charge in [-0.15, -0.1) is 0 Å². The molecule has 4 rings (SSSR count). The van der Waals surface area contributed by atoms with Gasteiger partial charge in [0.05, 0.1) is 6.10 Å². The number of carbonyl (C=O) groups excluding carboxylic acids is 1. The molecule has 4 nitrogen and oxygen atoms in total. The number of amides is 1. The molecule has 1 amide bonds. The zero-order valence-electron chi connectivity index (χ0n) is 14.6. The Morgan fingerprint density at radius 3 is 2.69 bits per heavy atom. The van der Waals surface area contributed by atoms with Crippen molar-refractivity contribution in [2.75, 3.05) is 13.1 Å². The number of aryl methyl sites for hydroxylation is 1. The minimum atomic E-state index is -0.662. The predicted molar refractivity (Wildman–Crippen MR) is 98.7 cm³/mol. The maximum absolute atomic E-state index is 13.1. The van der Waals surface area contributed by atoms with Crippen LogP contribution in [0.25, 0.3) is 10.9 Å². The second-order valence-corrected chi connectivity index (χ2v) is 7.04. The molecule has 0 spiro atoms. The molecule has 1 fully saturated rings. The Kier molecular flexibility index (Phi) is 4.24. The number of halogens is 1. The van der Waals surface area contributed by atoms with Gasteiger partial charge in [0.15, 0.2) is 0 Å². The van der Waals surface area contributed by atoms with Gasteiger partial charge in [-0.2, -0.15) is 0 Å². The summed E-state index contributed by atoms with van der Waals surface area (Å²) in [7, 11) is 0. The Balaban J connectivity index is 1.50. The molecule has 2 aromatic carbocycles. The van der Waals surface area contributed by atoms with Crippen LogP contribution in [-0.2, 0) is 0 Å². The first-order valence-electron chi connectivity index (χ1n) is 8.83. The van der Waals surface area contributed by atoms with Gasteiger partial charge in [0, 0.05) is 29.9 Å². The smallest absolute Gasteiger partial charge is 0.270 e. The summed E-state index contributed by atoms with van der Waals surface area (Å²) in [4.78, 5) is 17.7. The van der Waals surface area contributed by atoms with Crippen molar-refractivity contribution in [3.8, 4) is 0 Å². The highest BCUT2D eigenvalue weighted by Gasteiger charge is 2.32. The molecule has 0 radical (unpaired) electrons. The average molecular weight is 352 g/mol. The summed E-state index contributed by atoms with van der Waals surface area (Å²) >= 11 is 0. The van der Waals surface area contributed by atoms with Crippen molar-refractivity contribution in [3.63, 3.8) is 0 Å². The predicted octanol–water partition coefficient (Wildman–Crippen LogP) is 3.61. The molecular formula is C21H21FN2O2. The lowest BCUT2D eigenvalue weighted by Crippen LogP contribution is -2.45. The van der Waals surface area contributed by atoms with Gasteiger partial charge in [0.1, 0.15) is 11.5 Å². The first-order chi connectivity index (χ1) is 12.5. The number of fused-ring (bicyclic) bond motifs is 1. The maximum Gasteiger partial charge on any atom is 0.270 e. The summed E-state index contributed by atoms with van der Waals surface area (Å²) in [6.07, 6.45) is -0.0116. The maximum atomic E-state index is 13.1. The lowest BCUT2D eigenvalue weighted by molar-refractivity contribution is 0.0378. The summed E-state index contributed by atoms with van der Waals surface area (Å²) in [6, 6.07) is 14.1. The zero-order chi connectivity index (χ0) is 18.3. The molecule has 1 unspecified atom stereocenters. The summed E-state index contributed by atoms with van der Waals surface area (Å²) in [5.41, 5.74) is 3.52. The molecule has 3 aromatic rings. The summed E-state index contributed by atoms with van der Waals surface area (Å²) in [5, 5.41) is 11.5. The van der Waals surface area contributed by atoms with Gasteiger partial charge < -0.3 is 15.0 Å². The molecule has 134 valence electrons. The van der Waals surface area contributed by atoms with Crippen molar-refractivity contribution < 1.29 is 14.3 Å². The summed E-state index contributed by atoms with van der Waals surface area (Å²) in [6.45, 7) is 2.85. The summed E-state index contributed by atoms with van der Waals surface area (Å²) in [5.74, 6) is -0.467. The van der Waals surface area contributed by atoms with Crippen LogP contribution in [0.2, 0.25) is 0 Å². The second kappa shape index (κ2) is 6.57. The van der Waals surface area contributed by atoms with Crippen LogP contribution in [0.4, 0.5) is 4.39 Å². The number of nitrogens with zero attached hydrogens (tertiary/aromatic N) is 1. The largest absolute Gasteiger partial charge is 0.391 e. The van der Waals surface area contributed by atoms with E-state index in [1.54, 1.807) is 17.0 Å². The molecule has 1 aliphatic heterocycles. The Bertz CT molecular complexity index is 948. The van der Waals surface area contributed by atoms with Gasteiger partial charge in [-0.3, -0.25) is 4.79 Å². The van der Waals surface area contributed by atoms with Gasteiger partial charge in [0.25, 0.3) is 5.91 Å². The highest BCUT2D eigenvalue weighted by Crippen LogP contribution is 2.29. The third-order valence-electron chi connectivity index (χ3n) is 5.17. The van der Waals surface area contributed by atoms with Crippen molar-refractivity contribution in [1.82, 2.24) is 9.88 Å². The molecule has 0 aliphatic carbocycles. The number of hydrogen-bond donors (Lipinski definition) is 2. The Morgan fingerprint density at radius 2 is 1.96 bits per heavy atom.